The van der Waals surface area contributed by atoms with Crippen LogP contribution in [-0.2, 0) is 0 Å². The fourth-order valence-corrected chi connectivity index (χ4v) is 2.24. The molecular formula is C12H23N3. The van der Waals surface area contributed by atoms with Crippen molar-refractivity contribution in [2.45, 2.75) is 45.6 Å². The predicted octanol–water partition coefficient (Wildman–Crippen LogP) is 1.74. The molecular weight excluding hydrogens is 186 g/mol. The van der Waals surface area contributed by atoms with Crippen LogP contribution in [0, 0.1) is 16.7 Å². The van der Waals surface area contributed by atoms with E-state index in [9.17, 15) is 0 Å². The van der Waals surface area contributed by atoms with E-state index in [1.54, 1.807) is 0 Å². The molecule has 1 unspecified atom stereocenters. The number of nitrogens with two attached hydrogens (primary N) is 1. The molecule has 1 aliphatic rings. The number of rotatable bonds is 5. The molecule has 1 fully saturated rings. The minimum Gasteiger partial charge on any atom is -0.329 e. The van der Waals surface area contributed by atoms with E-state index in [2.05, 4.69) is 11.0 Å². The second-order valence-corrected chi connectivity index (χ2v) is 5.17. The Kier molecular flexibility index (Phi) is 4.56. The molecule has 2 N–H and O–H groups in total. The molecule has 86 valence electrons. The third-order valence-corrected chi connectivity index (χ3v) is 3.32. The van der Waals surface area contributed by atoms with Crippen molar-refractivity contribution in [3.05, 3.63) is 0 Å². The fourth-order valence-electron chi connectivity index (χ4n) is 2.24. The van der Waals surface area contributed by atoms with Gasteiger partial charge in [0.25, 0.3) is 0 Å². The van der Waals surface area contributed by atoms with Crippen LogP contribution in [0.25, 0.3) is 0 Å². The first-order valence-electron chi connectivity index (χ1n) is 5.94. The maximum Gasteiger partial charge on any atom is 0.0683 e. The Hall–Kier alpha value is -0.590. The normalized spacial score (nSPS) is 22.9. The van der Waals surface area contributed by atoms with Gasteiger partial charge in [-0.25, -0.2) is 0 Å². The van der Waals surface area contributed by atoms with Crippen molar-refractivity contribution in [2.75, 3.05) is 19.6 Å². The lowest BCUT2D eigenvalue weighted by Gasteiger charge is -2.24. The van der Waals surface area contributed by atoms with Gasteiger partial charge < -0.3 is 5.73 Å². The second-order valence-electron chi connectivity index (χ2n) is 5.17. The van der Waals surface area contributed by atoms with E-state index in [1.165, 1.54) is 19.4 Å². The van der Waals surface area contributed by atoms with Crippen molar-refractivity contribution in [3.8, 4) is 6.07 Å². The fraction of sp³-hybridized carbons (Fsp3) is 0.917. The standard InChI is InChI=1S/C12H23N3/c1-12(2,10-14)6-4-8-15-7-3-5-11(15)9-13/h11H,3-9,13H2,1-2H3. The summed E-state index contributed by atoms with van der Waals surface area (Å²) in [6, 6.07) is 2.94. The van der Waals surface area contributed by atoms with Gasteiger partial charge in [0.15, 0.2) is 0 Å². The monoisotopic (exact) mass is 209 g/mol. The molecule has 1 rings (SSSR count). The second kappa shape index (κ2) is 5.48. The lowest BCUT2D eigenvalue weighted by molar-refractivity contribution is 0.243. The van der Waals surface area contributed by atoms with Gasteiger partial charge in [-0.3, -0.25) is 4.90 Å². The molecule has 15 heavy (non-hydrogen) atoms. The van der Waals surface area contributed by atoms with Gasteiger partial charge >= 0.3 is 0 Å². The van der Waals surface area contributed by atoms with Crippen LogP contribution >= 0.6 is 0 Å². The van der Waals surface area contributed by atoms with E-state index in [1.807, 2.05) is 13.8 Å². The summed E-state index contributed by atoms with van der Waals surface area (Å²) in [7, 11) is 0. The summed E-state index contributed by atoms with van der Waals surface area (Å²) in [6.07, 6.45) is 4.62. The molecule has 0 aromatic rings. The van der Waals surface area contributed by atoms with E-state index >= 15 is 0 Å². The maximum absolute atomic E-state index is 8.90. The lowest BCUT2D eigenvalue weighted by atomic mass is 9.90. The molecule has 3 heteroatoms. The highest BCUT2D eigenvalue weighted by atomic mass is 15.2. The highest BCUT2D eigenvalue weighted by molar-refractivity contribution is 4.91. The molecule has 0 spiro atoms. The Bertz CT molecular complexity index is 230. The largest absolute Gasteiger partial charge is 0.329 e. The number of nitrogens with zero attached hydrogens (tertiary/aromatic N) is 2. The van der Waals surface area contributed by atoms with Gasteiger partial charge in [0.1, 0.15) is 0 Å². The molecule has 0 aromatic carbocycles. The van der Waals surface area contributed by atoms with Crippen LogP contribution in [0.4, 0.5) is 0 Å². The first-order valence-corrected chi connectivity index (χ1v) is 5.94. The summed E-state index contributed by atoms with van der Waals surface area (Å²) in [5.41, 5.74) is 5.55. The Morgan fingerprint density at radius 1 is 1.53 bits per heavy atom. The highest BCUT2D eigenvalue weighted by Crippen LogP contribution is 2.22. The Labute approximate surface area is 93.2 Å². The summed E-state index contributed by atoms with van der Waals surface area (Å²) in [4.78, 5) is 2.48. The third kappa shape index (κ3) is 3.81. The average molecular weight is 209 g/mol. The van der Waals surface area contributed by atoms with Crippen molar-refractivity contribution in [3.63, 3.8) is 0 Å². The zero-order valence-electron chi connectivity index (χ0n) is 10.00. The van der Waals surface area contributed by atoms with Crippen LogP contribution < -0.4 is 5.73 Å². The third-order valence-electron chi connectivity index (χ3n) is 3.32. The van der Waals surface area contributed by atoms with Crippen LogP contribution in [0.3, 0.4) is 0 Å². The van der Waals surface area contributed by atoms with Crippen LogP contribution in [0.1, 0.15) is 39.5 Å². The first-order chi connectivity index (χ1) is 7.09. The van der Waals surface area contributed by atoms with Crippen LogP contribution in [-0.4, -0.2) is 30.6 Å². The molecule has 0 aliphatic carbocycles. The van der Waals surface area contributed by atoms with Gasteiger partial charge in [0.05, 0.1) is 11.5 Å². The number of hydrogen-bond donors (Lipinski definition) is 1. The summed E-state index contributed by atoms with van der Waals surface area (Å²) in [6.45, 7) is 7.10. The molecule has 0 saturated carbocycles. The zero-order chi connectivity index (χ0) is 11.3. The van der Waals surface area contributed by atoms with E-state index in [-0.39, 0.29) is 5.41 Å². The van der Waals surface area contributed by atoms with Gasteiger partial charge in [-0.15, -0.1) is 0 Å². The van der Waals surface area contributed by atoms with Gasteiger partial charge in [0.2, 0.25) is 0 Å². The SMILES string of the molecule is CC(C)(C#N)CCCN1CCCC1CN. The number of hydrogen-bond acceptors (Lipinski definition) is 3. The lowest BCUT2D eigenvalue weighted by Crippen LogP contribution is -2.36. The van der Waals surface area contributed by atoms with Crippen molar-refractivity contribution in [2.24, 2.45) is 11.1 Å². The van der Waals surface area contributed by atoms with Crippen LogP contribution in [0.5, 0.6) is 0 Å². The molecule has 1 aliphatic heterocycles. The zero-order valence-corrected chi connectivity index (χ0v) is 10.00. The first kappa shape index (κ1) is 12.5. The van der Waals surface area contributed by atoms with E-state index in [0.29, 0.717) is 6.04 Å². The smallest absolute Gasteiger partial charge is 0.0683 e. The van der Waals surface area contributed by atoms with E-state index in [0.717, 1.165) is 25.9 Å². The Balaban J connectivity index is 2.23. The maximum atomic E-state index is 8.90. The van der Waals surface area contributed by atoms with Crippen LogP contribution in [0.2, 0.25) is 0 Å². The van der Waals surface area contributed by atoms with E-state index < -0.39 is 0 Å². The van der Waals surface area contributed by atoms with Crippen LogP contribution in [0.15, 0.2) is 0 Å². The molecule has 1 saturated heterocycles. The predicted molar refractivity (Wildman–Crippen MR) is 62.3 cm³/mol. The van der Waals surface area contributed by atoms with E-state index in [4.69, 9.17) is 11.0 Å². The Morgan fingerprint density at radius 3 is 2.87 bits per heavy atom. The molecule has 0 bridgehead atoms. The van der Waals surface area contributed by atoms with Crippen molar-refractivity contribution in [1.82, 2.24) is 4.90 Å². The van der Waals surface area contributed by atoms with Gasteiger partial charge in [-0.2, -0.15) is 5.26 Å². The van der Waals surface area contributed by atoms with Gasteiger partial charge in [0, 0.05) is 12.6 Å². The molecule has 0 radical (unpaired) electrons. The quantitative estimate of drug-likeness (QED) is 0.750. The van der Waals surface area contributed by atoms with Gasteiger partial charge in [-0.05, 0) is 52.6 Å². The van der Waals surface area contributed by atoms with Crippen molar-refractivity contribution < 1.29 is 0 Å². The van der Waals surface area contributed by atoms with Crippen molar-refractivity contribution >= 4 is 0 Å². The summed E-state index contributed by atoms with van der Waals surface area (Å²) < 4.78 is 0. The molecule has 1 heterocycles. The molecule has 0 aromatic heterocycles. The Morgan fingerprint density at radius 2 is 2.27 bits per heavy atom. The highest BCUT2D eigenvalue weighted by Gasteiger charge is 2.23. The summed E-state index contributed by atoms with van der Waals surface area (Å²) >= 11 is 0. The minimum atomic E-state index is -0.169. The topological polar surface area (TPSA) is 53.0 Å². The average Bonchev–Trinajstić information content (AvgIpc) is 2.65. The molecule has 0 amide bonds. The summed E-state index contributed by atoms with van der Waals surface area (Å²) in [5.74, 6) is 0. The number of likely N-dealkylation sites (tertiary alicyclic amines) is 1. The molecule has 3 nitrogen and oxygen atoms in total. The van der Waals surface area contributed by atoms with Crippen molar-refractivity contribution in [1.29, 1.82) is 5.26 Å². The van der Waals surface area contributed by atoms with Gasteiger partial charge in [-0.1, -0.05) is 0 Å². The minimum absolute atomic E-state index is 0.169. The number of nitriles is 1. The summed E-state index contributed by atoms with van der Waals surface area (Å²) in [5, 5.41) is 8.90. The molecule has 1 atom stereocenters.